The molecular formula is C24H26N2O3. The lowest BCUT2D eigenvalue weighted by Gasteiger charge is -2.39. The predicted molar refractivity (Wildman–Crippen MR) is 110 cm³/mol. The number of amides is 2. The molecule has 150 valence electrons. The number of carbonyl (C=O) groups is 2. The second-order valence-corrected chi connectivity index (χ2v) is 8.61. The molecule has 2 aromatic rings. The topological polar surface area (TPSA) is 69.6 Å². The van der Waals surface area contributed by atoms with Crippen molar-refractivity contribution in [3.05, 3.63) is 65.7 Å². The highest BCUT2D eigenvalue weighted by molar-refractivity contribution is 6.07. The van der Waals surface area contributed by atoms with E-state index in [4.69, 9.17) is 0 Å². The van der Waals surface area contributed by atoms with Crippen molar-refractivity contribution >= 4 is 17.5 Å². The zero-order valence-corrected chi connectivity index (χ0v) is 16.4. The summed E-state index contributed by atoms with van der Waals surface area (Å²) in [6.07, 6.45) is 2.93. The summed E-state index contributed by atoms with van der Waals surface area (Å²) in [5.41, 5.74) is 2.43. The molecule has 2 N–H and O–H groups in total. The van der Waals surface area contributed by atoms with Crippen molar-refractivity contribution in [3.63, 3.8) is 0 Å². The van der Waals surface area contributed by atoms with Gasteiger partial charge in [-0.3, -0.25) is 9.59 Å². The molecule has 5 rings (SSSR count). The molecule has 29 heavy (non-hydrogen) atoms. The molecule has 0 bridgehead atoms. The zero-order chi connectivity index (χ0) is 20.0. The molecule has 1 saturated heterocycles. The summed E-state index contributed by atoms with van der Waals surface area (Å²) in [5, 5.41) is 12.7. The molecular weight excluding hydrogens is 364 g/mol. The van der Waals surface area contributed by atoms with Crippen molar-refractivity contribution in [2.75, 3.05) is 11.9 Å². The van der Waals surface area contributed by atoms with Gasteiger partial charge in [0.2, 0.25) is 11.8 Å². The first-order valence-corrected chi connectivity index (χ1v) is 10.5. The number of aryl methyl sites for hydroxylation is 1. The number of hydrogen-bond acceptors (Lipinski definition) is 3. The first kappa shape index (κ1) is 18.4. The fourth-order valence-electron chi connectivity index (χ4n) is 5.44. The molecule has 0 unspecified atom stereocenters. The number of aliphatic hydroxyl groups excluding tert-OH is 1. The maximum absolute atomic E-state index is 13.3. The van der Waals surface area contributed by atoms with Crippen LogP contribution in [0.2, 0.25) is 0 Å². The van der Waals surface area contributed by atoms with Crippen LogP contribution >= 0.6 is 0 Å². The minimum atomic E-state index is -0.677. The molecule has 0 radical (unpaired) electrons. The third-order valence-electron chi connectivity index (χ3n) is 7.05. The highest BCUT2D eigenvalue weighted by atomic mass is 16.3. The second-order valence-electron chi connectivity index (χ2n) is 8.61. The van der Waals surface area contributed by atoms with Gasteiger partial charge in [0.25, 0.3) is 0 Å². The number of likely N-dealkylation sites (tertiary alicyclic amines) is 1. The number of para-hydroxylation sites is 1. The van der Waals surface area contributed by atoms with Gasteiger partial charge >= 0.3 is 0 Å². The molecule has 2 aromatic carbocycles. The summed E-state index contributed by atoms with van der Waals surface area (Å²) in [4.78, 5) is 28.4. The second kappa shape index (κ2) is 6.99. The van der Waals surface area contributed by atoms with Gasteiger partial charge in [-0.05, 0) is 49.3 Å². The lowest BCUT2D eigenvalue weighted by Crippen LogP contribution is -2.52. The van der Waals surface area contributed by atoms with Crippen LogP contribution in [0.15, 0.2) is 54.6 Å². The maximum Gasteiger partial charge on any atom is 0.237 e. The van der Waals surface area contributed by atoms with Gasteiger partial charge in [0.05, 0.1) is 17.6 Å². The minimum absolute atomic E-state index is 0.0145. The molecule has 2 heterocycles. The molecule has 1 saturated carbocycles. The standard InChI is InChI=1S/C24H26N2O3/c27-18-14-17(15-18)22(28)26-13-12-24(19-8-4-5-9-20(19)25-23(24)29)21(26)11-10-16-6-2-1-3-7-16/h1-9,17-18,21,27H,10-15H2,(H,25,29)/t17?,18?,21-,24-/m0/s1. The van der Waals surface area contributed by atoms with Crippen LogP contribution in [0.4, 0.5) is 5.69 Å². The molecule has 2 amide bonds. The number of benzene rings is 2. The minimum Gasteiger partial charge on any atom is -0.393 e. The number of nitrogens with zero attached hydrogens (tertiary/aromatic N) is 1. The Labute approximate surface area is 170 Å². The first-order chi connectivity index (χ1) is 14.1. The Morgan fingerprint density at radius 1 is 1.10 bits per heavy atom. The summed E-state index contributed by atoms with van der Waals surface area (Å²) in [6.45, 7) is 0.590. The Hall–Kier alpha value is -2.66. The van der Waals surface area contributed by atoms with E-state index in [1.807, 2.05) is 47.4 Å². The number of carbonyl (C=O) groups excluding carboxylic acids is 2. The number of hydrogen-bond donors (Lipinski definition) is 2. The van der Waals surface area contributed by atoms with Crippen molar-refractivity contribution < 1.29 is 14.7 Å². The highest BCUT2D eigenvalue weighted by Crippen LogP contribution is 2.50. The molecule has 2 aliphatic heterocycles. The van der Waals surface area contributed by atoms with E-state index in [0.717, 1.165) is 24.1 Å². The normalized spacial score (nSPS) is 30.2. The Balaban J connectivity index is 1.49. The summed E-state index contributed by atoms with van der Waals surface area (Å²) in [5.74, 6) is 0.00204. The fourth-order valence-corrected chi connectivity index (χ4v) is 5.44. The van der Waals surface area contributed by atoms with Gasteiger partial charge in [-0.2, -0.15) is 0 Å². The van der Waals surface area contributed by atoms with Crippen molar-refractivity contribution in [2.45, 2.75) is 49.7 Å². The van der Waals surface area contributed by atoms with Crippen molar-refractivity contribution in [1.29, 1.82) is 0 Å². The number of rotatable bonds is 4. The van der Waals surface area contributed by atoms with E-state index in [1.165, 1.54) is 5.56 Å². The summed E-state index contributed by atoms with van der Waals surface area (Å²) >= 11 is 0. The zero-order valence-electron chi connectivity index (χ0n) is 16.4. The Bertz CT molecular complexity index is 938. The predicted octanol–water partition coefficient (Wildman–Crippen LogP) is 2.88. The highest BCUT2D eigenvalue weighted by Gasteiger charge is 2.59. The van der Waals surface area contributed by atoms with Gasteiger partial charge in [-0.15, -0.1) is 0 Å². The van der Waals surface area contributed by atoms with Crippen LogP contribution in [-0.4, -0.2) is 40.5 Å². The monoisotopic (exact) mass is 390 g/mol. The van der Waals surface area contributed by atoms with Gasteiger partial charge < -0.3 is 15.3 Å². The van der Waals surface area contributed by atoms with Crippen LogP contribution in [0, 0.1) is 5.92 Å². The van der Waals surface area contributed by atoms with E-state index in [0.29, 0.717) is 25.8 Å². The largest absolute Gasteiger partial charge is 0.393 e. The van der Waals surface area contributed by atoms with Crippen molar-refractivity contribution in [1.82, 2.24) is 4.90 Å². The van der Waals surface area contributed by atoms with Gasteiger partial charge in [-0.25, -0.2) is 0 Å². The third-order valence-corrected chi connectivity index (χ3v) is 7.05. The first-order valence-electron chi connectivity index (χ1n) is 10.5. The summed E-state index contributed by atoms with van der Waals surface area (Å²) < 4.78 is 0. The van der Waals surface area contributed by atoms with E-state index in [9.17, 15) is 14.7 Å². The van der Waals surface area contributed by atoms with E-state index < -0.39 is 5.41 Å². The Morgan fingerprint density at radius 2 is 1.83 bits per heavy atom. The molecule has 0 aromatic heterocycles. The fraction of sp³-hybridized carbons (Fsp3) is 0.417. The van der Waals surface area contributed by atoms with Crippen LogP contribution in [0.25, 0.3) is 0 Å². The molecule has 1 aliphatic carbocycles. The molecule has 5 nitrogen and oxygen atoms in total. The number of anilines is 1. The third kappa shape index (κ3) is 2.87. The van der Waals surface area contributed by atoms with Crippen molar-refractivity contribution in [3.8, 4) is 0 Å². The Kier molecular flexibility index (Phi) is 4.43. The van der Waals surface area contributed by atoms with Crippen LogP contribution in [0.5, 0.6) is 0 Å². The van der Waals surface area contributed by atoms with Gasteiger partial charge in [0, 0.05) is 18.2 Å². The van der Waals surface area contributed by atoms with Crippen LogP contribution in [-0.2, 0) is 21.4 Å². The average Bonchev–Trinajstić information content (AvgIpc) is 3.23. The summed E-state index contributed by atoms with van der Waals surface area (Å²) in [7, 11) is 0. The average molecular weight is 390 g/mol. The molecule has 2 atom stereocenters. The van der Waals surface area contributed by atoms with Crippen LogP contribution in [0.3, 0.4) is 0 Å². The van der Waals surface area contributed by atoms with E-state index >= 15 is 0 Å². The number of fused-ring (bicyclic) bond motifs is 2. The maximum atomic E-state index is 13.3. The number of aliphatic hydroxyl groups is 1. The van der Waals surface area contributed by atoms with Gasteiger partial charge in [0.1, 0.15) is 0 Å². The number of nitrogens with one attached hydrogen (secondary N) is 1. The lowest BCUT2D eigenvalue weighted by atomic mass is 9.73. The van der Waals surface area contributed by atoms with E-state index in [-0.39, 0.29) is 29.9 Å². The van der Waals surface area contributed by atoms with E-state index in [2.05, 4.69) is 17.4 Å². The lowest BCUT2D eigenvalue weighted by molar-refractivity contribution is -0.144. The van der Waals surface area contributed by atoms with Gasteiger partial charge in [0.15, 0.2) is 0 Å². The van der Waals surface area contributed by atoms with E-state index in [1.54, 1.807) is 0 Å². The van der Waals surface area contributed by atoms with Crippen LogP contribution < -0.4 is 5.32 Å². The molecule has 1 spiro atoms. The smallest absolute Gasteiger partial charge is 0.237 e. The Morgan fingerprint density at radius 3 is 2.59 bits per heavy atom. The van der Waals surface area contributed by atoms with Gasteiger partial charge in [-0.1, -0.05) is 48.5 Å². The van der Waals surface area contributed by atoms with Crippen LogP contribution in [0.1, 0.15) is 36.8 Å². The quantitative estimate of drug-likeness (QED) is 0.843. The summed E-state index contributed by atoms with van der Waals surface area (Å²) in [6, 6.07) is 18.0. The SMILES string of the molecule is O=C(C1CC(O)C1)N1CC[C@@]2(C(=O)Nc3ccccc32)[C@@H]1CCc1ccccc1. The molecule has 2 fully saturated rings. The molecule has 5 heteroatoms. The molecule has 3 aliphatic rings. The van der Waals surface area contributed by atoms with Crippen molar-refractivity contribution in [2.24, 2.45) is 5.92 Å².